The second-order valence-corrected chi connectivity index (χ2v) is 13.3. The summed E-state index contributed by atoms with van der Waals surface area (Å²) in [6.07, 6.45) is -22.7. The van der Waals surface area contributed by atoms with Crippen molar-refractivity contribution in [1.82, 2.24) is 0 Å². The van der Waals surface area contributed by atoms with Crippen LogP contribution in [0.3, 0.4) is 0 Å². The second-order valence-electron chi connectivity index (χ2n) is 13.3. The second kappa shape index (κ2) is 18.5. The molecular formula is C35H46O20. The van der Waals surface area contributed by atoms with Crippen LogP contribution in [-0.2, 0) is 44.4 Å². The van der Waals surface area contributed by atoms with E-state index in [-0.39, 0.29) is 35.8 Å². The van der Waals surface area contributed by atoms with Crippen molar-refractivity contribution in [2.45, 2.75) is 105 Å². The predicted octanol–water partition coefficient (Wildman–Crippen LogP) is -3.19. The van der Waals surface area contributed by atoms with Crippen molar-refractivity contribution in [3.63, 3.8) is 0 Å². The third-order valence-corrected chi connectivity index (χ3v) is 9.29. The Morgan fingerprint density at radius 2 is 1.33 bits per heavy atom. The number of phenolic OH excluding ortho intramolecular Hbond substituents is 4. The summed E-state index contributed by atoms with van der Waals surface area (Å²) in [6, 6.07) is 7.55. The van der Waals surface area contributed by atoms with Gasteiger partial charge in [-0.3, -0.25) is 0 Å². The number of rotatable bonds is 13. The molecule has 0 spiro atoms. The van der Waals surface area contributed by atoms with Crippen molar-refractivity contribution in [2.24, 2.45) is 0 Å². The number of aliphatic hydroxyl groups excluding tert-OH is 8. The Kier molecular flexibility index (Phi) is 14.3. The molecule has 3 aliphatic rings. The molecule has 3 saturated heterocycles. The highest BCUT2D eigenvalue weighted by atomic mass is 16.8. The van der Waals surface area contributed by atoms with Gasteiger partial charge in [0.15, 0.2) is 36.5 Å². The molecule has 0 radical (unpaired) electrons. The van der Waals surface area contributed by atoms with Crippen molar-refractivity contribution in [2.75, 3.05) is 19.8 Å². The lowest BCUT2D eigenvalue weighted by atomic mass is 9.96. The number of carbonyl (C=O) groups is 1. The number of ether oxygens (including phenoxy) is 7. The van der Waals surface area contributed by atoms with Gasteiger partial charge in [0.1, 0.15) is 72.5 Å². The minimum Gasteiger partial charge on any atom is -0.508 e. The lowest BCUT2D eigenvalue weighted by Crippen LogP contribution is -2.65. The van der Waals surface area contributed by atoms with Gasteiger partial charge in [-0.1, -0.05) is 6.07 Å². The molecule has 2 aromatic rings. The maximum atomic E-state index is 13.3. The Labute approximate surface area is 313 Å². The topological polar surface area (TPSA) is 324 Å². The van der Waals surface area contributed by atoms with Crippen LogP contribution >= 0.6 is 0 Å². The number of aromatic hydroxyl groups is 4. The van der Waals surface area contributed by atoms with Crippen molar-refractivity contribution in [3.05, 3.63) is 53.6 Å². The van der Waals surface area contributed by atoms with Gasteiger partial charge in [-0.05, 0) is 54.8 Å². The van der Waals surface area contributed by atoms with E-state index in [1.54, 1.807) is 0 Å². The van der Waals surface area contributed by atoms with Gasteiger partial charge in [-0.2, -0.15) is 0 Å². The molecule has 0 aliphatic carbocycles. The fourth-order valence-electron chi connectivity index (χ4n) is 6.21. The molecule has 5 rings (SSSR count). The predicted molar refractivity (Wildman–Crippen MR) is 180 cm³/mol. The molecule has 306 valence electrons. The summed E-state index contributed by atoms with van der Waals surface area (Å²) in [5.74, 6) is -2.46. The molecule has 0 aromatic heterocycles. The fraction of sp³-hybridized carbons (Fsp3) is 0.571. The molecule has 15 unspecified atom stereocenters. The summed E-state index contributed by atoms with van der Waals surface area (Å²) < 4.78 is 40.2. The van der Waals surface area contributed by atoms with Crippen LogP contribution in [0, 0.1) is 0 Å². The van der Waals surface area contributed by atoms with E-state index in [2.05, 4.69) is 0 Å². The summed E-state index contributed by atoms with van der Waals surface area (Å²) in [5, 5.41) is 123. The van der Waals surface area contributed by atoms with Crippen molar-refractivity contribution in [1.29, 1.82) is 0 Å². The molecule has 20 nitrogen and oxygen atoms in total. The number of hydrogen-bond acceptors (Lipinski definition) is 20. The summed E-state index contributed by atoms with van der Waals surface area (Å²) in [5.41, 5.74) is 0.690. The minimum absolute atomic E-state index is 0.109. The van der Waals surface area contributed by atoms with Gasteiger partial charge in [0.2, 0.25) is 0 Å². The average molecular weight is 787 g/mol. The van der Waals surface area contributed by atoms with Crippen molar-refractivity contribution in [3.8, 4) is 23.0 Å². The number of carbonyl (C=O) groups excluding carboxylic acids is 1. The molecule has 55 heavy (non-hydrogen) atoms. The molecule has 15 atom stereocenters. The maximum Gasteiger partial charge on any atom is 0.331 e. The SMILES string of the molecule is CC1OC(OC2C(O)C(OCCc3ccc(O)c(O)c3)OC(COC3OC(CO)C(O)C(O)C3O)C2OC(=O)C=Cc2cc(O)cc(O)c2)C(O)C(O)C1O. The van der Waals surface area contributed by atoms with Gasteiger partial charge >= 0.3 is 5.97 Å². The van der Waals surface area contributed by atoms with Gasteiger partial charge < -0.3 is 94.4 Å². The molecule has 12 N–H and O–H groups in total. The molecule has 3 fully saturated rings. The van der Waals surface area contributed by atoms with Gasteiger partial charge in [-0.15, -0.1) is 0 Å². The van der Waals surface area contributed by atoms with E-state index in [0.29, 0.717) is 5.56 Å². The number of aliphatic hydroxyl groups is 8. The summed E-state index contributed by atoms with van der Waals surface area (Å²) in [6.45, 7) is -0.266. The minimum atomic E-state index is -1.89. The van der Waals surface area contributed by atoms with Crippen LogP contribution < -0.4 is 0 Å². The van der Waals surface area contributed by atoms with Crippen LogP contribution in [0.25, 0.3) is 6.08 Å². The van der Waals surface area contributed by atoms with Crippen LogP contribution in [0.1, 0.15) is 18.1 Å². The molecule has 3 heterocycles. The zero-order valence-corrected chi connectivity index (χ0v) is 29.2. The quantitative estimate of drug-likeness (QED) is 0.0541. The van der Waals surface area contributed by atoms with Gasteiger partial charge in [-0.25, -0.2) is 4.79 Å². The summed E-state index contributed by atoms with van der Waals surface area (Å²) >= 11 is 0. The summed E-state index contributed by atoms with van der Waals surface area (Å²) in [4.78, 5) is 13.3. The molecule has 0 bridgehead atoms. The van der Waals surface area contributed by atoms with E-state index in [1.165, 1.54) is 43.3 Å². The monoisotopic (exact) mass is 786 g/mol. The molecule has 3 aliphatic heterocycles. The van der Waals surface area contributed by atoms with Gasteiger partial charge in [0.05, 0.1) is 25.9 Å². The lowest BCUT2D eigenvalue weighted by Gasteiger charge is -2.47. The Morgan fingerprint density at radius 3 is 2.00 bits per heavy atom. The molecule has 2 aromatic carbocycles. The Hall–Kier alpha value is -3.71. The Bertz CT molecular complexity index is 1590. The zero-order valence-electron chi connectivity index (χ0n) is 29.2. The zero-order chi connectivity index (χ0) is 40.1. The third kappa shape index (κ3) is 10.2. The van der Waals surface area contributed by atoms with Gasteiger partial charge in [0.25, 0.3) is 0 Å². The van der Waals surface area contributed by atoms with Crippen LogP contribution in [0.15, 0.2) is 42.5 Å². The normalized spacial score (nSPS) is 36.9. The van der Waals surface area contributed by atoms with E-state index < -0.39 is 117 Å². The largest absolute Gasteiger partial charge is 0.508 e. The van der Waals surface area contributed by atoms with E-state index in [4.69, 9.17) is 33.2 Å². The first kappa shape index (κ1) is 42.4. The van der Waals surface area contributed by atoms with E-state index >= 15 is 0 Å². The van der Waals surface area contributed by atoms with Crippen LogP contribution in [0.4, 0.5) is 0 Å². The van der Waals surface area contributed by atoms with Crippen LogP contribution in [0.2, 0.25) is 0 Å². The highest BCUT2D eigenvalue weighted by molar-refractivity contribution is 5.87. The molecule has 0 saturated carbocycles. The maximum absolute atomic E-state index is 13.3. The Morgan fingerprint density at radius 1 is 0.691 bits per heavy atom. The first-order valence-corrected chi connectivity index (χ1v) is 17.2. The molecule has 20 heteroatoms. The Balaban J connectivity index is 1.44. The smallest absolute Gasteiger partial charge is 0.331 e. The molecular weight excluding hydrogens is 740 g/mol. The highest BCUT2D eigenvalue weighted by Crippen LogP contribution is 2.33. The molecule has 0 amide bonds. The van der Waals surface area contributed by atoms with Crippen molar-refractivity contribution < 1.29 is 99.2 Å². The van der Waals surface area contributed by atoms with Crippen LogP contribution in [-0.4, -0.2) is 179 Å². The fourth-order valence-corrected chi connectivity index (χ4v) is 6.21. The van der Waals surface area contributed by atoms with Gasteiger partial charge in [0, 0.05) is 12.1 Å². The first-order chi connectivity index (χ1) is 26.1. The third-order valence-electron chi connectivity index (χ3n) is 9.29. The summed E-state index contributed by atoms with van der Waals surface area (Å²) in [7, 11) is 0. The number of esters is 1. The van der Waals surface area contributed by atoms with E-state index in [9.17, 15) is 66.1 Å². The van der Waals surface area contributed by atoms with E-state index in [1.807, 2.05) is 0 Å². The van der Waals surface area contributed by atoms with Crippen LogP contribution in [0.5, 0.6) is 23.0 Å². The average Bonchev–Trinajstić information content (AvgIpc) is 3.14. The van der Waals surface area contributed by atoms with Crippen molar-refractivity contribution >= 4 is 12.0 Å². The number of hydrogen-bond donors (Lipinski definition) is 12. The lowest BCUT2D eigenvalue weighted by molar-refractivity contribution is -0.364. The van der Waals surface area contributed by atoms with E-state index in [0.717, 1.165) is 12.1 Å². The highest BCUT2D eigenvalue weighted by Gasteiger charge is 2.53. The number of phenols is 4. The number of benzene rings is 2. The standard InChI is InChI=1S/C35H46O20/c1-14-24(42)26(44)29(47)35(51-14)55-32-30(48)34(49-7-6-15-2-4-19(39)20(40)10-15)53-22(13-50-33-28(46)27(45)25(43)21(12-36)52-33)31(32)54-23(41)5-3-16-8-17(37)11-18(38)9-16/h2-5,8-11,14,21-22,24-40,42-48H,6-7,12-13H2,1H3. The first-order valence-electron chi connectivity index (χ1n) is 17.2.